The second-order valence-corrected chi connectivity index (χ2v) is 9.15. The Morgan fingerprint density at radius 2 is 1.88 bits per heavy atom. The number of amides is 1. The molecule has 3 aromatic rings. The number of aryl methyl sites for hydroxylation is 2. The normalized spacial score (nSPS) is 18.5. The smallest absolute Gasteiger partial charge is 0.256 e. The van der Waals surface area contributed by atoms with Crippen molar-refractivity contribution in [1.82, 2.24) is 19.9 Å². The first-order valence-electron chi connectivity index (χ1n) is 11.1. The van der Waals surface area contributed by atoms with Crippen LogP contribution in [0.3, 0.4) is 0 Å². The van der Waals surface area contributed by atoms with E-state index in [-0.39, 0.29) is 11.9 Å². The molecule has 7 nitrogen and oxygen atoms in total. The van der Waals surface area contributed by atoms with Gasteiger partial charge in [-0.2, -0.15) is 5.10 Å². The van der Waals surface area contributed by atoms with Crippen LogP contribution in [0.15, 0.2) is 30.5 Å². The fourth-order valence-corrected chi connectivity index (χ4v) is 4.91. The van der Waals surface area contributed by atoms with Crippen LogP contribution in [0.25, 0.3) is 5.65 Å². The third kappa shape index (κ3) is 4.00. The molecule has 168 valence electrons. The van der Waals surface area contributed by atoms with E-state index in [2.05, 4.69) is 10.4 Å². The summed E-state index contributed by atoms with van der Waals surface area (Å²) in [5.41, 5.74) is 5.22. The zero-order valence-electron chi connectivity index (χ0n) is 18.4. The van der Waals surface area contributed by atoms with Crippen LogP contribution in [-0.2, 0) is 15.9 Å². The average Bonchev–Trinajstić information content (AvgIpc) is 3.42. The molecule has 2 fully saturated rings. The van der Waals surface area contributed by atoms with Crippen molar-refractivity contribution in [2.75, 3.05) is 13.2 Å². The van der Waals surface area contributed by atoms with Crippen LogP contribution in [-0.4, -0.2) is 45.5 Å². The van der Waals surface area contributed by atoms with Gasteiger partial charge in [0.15, 0.2) is 11.4 Å². The maximum atomic E-state index is 13.1. The van der Waals surface area contributed by atoms with Crippen molar-refractivity contribution in [2.45, 2.75) is 57.8 Å². The van der Waals surface area contributed by atoms with Gasteiger partial charge in [0.1, 0.15) is 5.56 Å². The van der Waals surface area contributed by atoms with E-state index in [0.29, 0.717) is 24.4 Å². The highest BCUT2D eigenvalue weighted by molar-refractivity contribution is 6.30. The van der Waals surface area contributed by atoms with Gasteiger partial charge in [0.05, 0.1) is 19.4 Å². The predicted molar refractivity (Wildman–Crippen MR) is 121 cm³/mol. The Hall–Kier alpha value is -2.48. The van der Waals surface area contributed by atoms with Gasteiger partial charge in [-0.25, -0.2) is 9.50 Å². The summed E-state index contributed by atoms with van der Waals surface area (Å²) in [4.78, 5) is 17.8. The standard InChI is InChI=1S/C24H27ClN4O3/c1-15-20(13-17-3-5-18(25)6-4-17)16(2)29-22(27-15)21(14-26-29)23(30)28-19-7-9-24(10-8-19)31-11-12-32-24/h3-6,14,19H,7-13H2,1-2H3,(H,28,30). The van der Waals surface area contributed by atoms with Gasteiger partial charge >= 0.3 is 0 Å². The maximum absolute atomic E-state index is 13.1. The molecule has 1 N–H and O–H groups in total. The third-order valence-electron chi connectivity index (χ3n) is 6.64. The lowest BCUT2D eigenvalue weighted by Gasteiger charge is -2.35. The Labute approximate surface area is 192 Å². The van der Waals surface area contributed by atoms with Crippen molar-refractivity contribution in [3.63, 3.8) is 0 Å². The van der Waals surface area contributed by atoms with Crippen LogP contribution in [0, 0.1) is 13.8 Å². The molecule has 2 aromatic heterocycles. The number of carbonyl (C=O) groups is 1. The first-order valence-corrected chi connectivity index (χ1v) is 11.5. The number of hydrogen-bond acceptors (Lipinski definition) is 5. The Bertz CT molecular complexity index is 1140. The number of halogens is 1. The zero-order valence-corrected chi connectivity index (χ0v) is 19.1. The molecule has 1 spiro atoms. The maximum Gasteiger partial charge on any atom is 0.256 e. The Morgan fingerprint density at radius 1 is 1.19 bits per heavy atom. The fraction of sp³-hybridized carbons (Fsp3) is 0.458. The van der Waals surface area contributed by atoms with Crippen LogP contribution >= 0.6 is 11.6 Å². The molecule has 3 heterocycles. The molecule has 1 saturated carbocycles. The zero-order chi connectivity index (χ0) is 22.3. The Morgan fingerprint density at radius 3 is 2.56 bits per heavy atom. The van der Waals surface area contributed by atoms with E-state index < -0.39 is 5.79 Å². The molecular formula is C24H27ClN4O3. The molecule has 32 heavy (non-hydrogen) atoms. The van der Waals surface area contributed by atoms with Crippen molar-refractivity contribution in [2.24, 2.45) is 0 Å². The summed E-state index contributed by atoms with van der Waals surface area (Å²) in [6, 6.07) is 7.92. The molecule has 1 aliphatic heterocycles. The van der Waals surface area contributed by atoms with E-state index in [9.17, 15) is 4.79 Å². The van der Waals surface area contributed by atoms with Gasteiger partial charge in [-0.1, -0.05) is 23.7 Å². The van der Waals surface area contributed by atoms with Gasteiger partial charge in [-0.05, 0) is 49.9 Å². The van der Waals surface area contributed by atoms with E-state index in [1.807, 2.05) is 38.1 Å². The molecule has 1 aromatic carbocycles. The summed E-state index contributed by atoms with van der Waals surface area (Å²) in [5, 5.41) is 8.36. The first-order chi connectivity index (χ1) is 15.4. The van der Waals surface area contributed by atoms with Gasteiger partial charge in [0.25, 0.3) is 5.91 Å². The number of nitrogens with one attached hydrogen (secondary N) is 1. The fourth-order valence-electron chi connectivity index (χ4n) is 4.78. The van der Waals surface area contributed by atoms with Gasteiger partial charge < -0.3 is 14.8 Å². The number of benzene rings is 1. The number of ether oxygens (including phenoxy) is 2. The van der Waals surface area contributed by atoms with Crippen molar-refractivity contribution in [3.8, 4) is 0 Å². The van der Waals surface area contributed by atoms with Crippen LogP contribution in [0.4, 0.5) is 0 Å². The Balaban J connectivity index is 1.34. The van der Waals surface area contributed by atoms with Crippen LogP contribution < -0.4 is 5.32 Å². The van der Waals surface area contributed by atoms with Crippen LogP contribution in [0.5, 0.6) is 0 Å². The lowest BCUT2D eigenvalue weighted by Crippen LogP contribution is -2.44. The molecular weight excluding hydrogens is 428 g/mol. The SMILES string of the molecule is Cc1nc2c(C(=O)NC3CCC4(CC3)OCCO4)cnn2c(C)c1Cc1ccc(Cl)cc1. The molecule has 1 amide bonds. The van der Waals surface area contributed by atoms with Crippen LogP contribution in [0.1, 0.15) is 58.6 Å². The number of hydrogen-bond donors (Lipinski definition) is 1. The summed E-state index contributed by atoms with van der Waals surface area (Å²) in [5.74, 6) is -0.562. The number of nitrogens with zero attached hydrogens (tertiary/aromatic N) is 3. The highest BCUT2D eigenvalue weighted by Crippen LogP contribution is 2.35. The molecule has 0 unspecified atom stereocenters. The minimum Gasteiger partial charge on any atom is -0.349 e. The molecule has 1 saturated heterocycles. The molecule has 0 atom stereocenters. The molecule has 0 bridgehead atoms. The molecule has 8 heteroatoms. The summed E-state index contributed by atoms with van der Waals surface area (Å²) >= 11 is 6.01. The van der Waals surface area contributed by atoms with Crippen molar-refractivity contribution in [3.05, 3.63) is 63.6 Å². The monoisotopic (exact) mass is 454 g/mol. The lowest BCUT2D eigenvalue weighted by atomic mass is 9.90. The van der Waals surface area contributed by atoms with E-state index in [1.165, 1.54) is 0 Å². The molecule has 2 aliphatic rings. The largest absolute Gasteiger partial charge is 0.349 e. The van der Waals surface area contributed by atoms with Crippen LogP contribution in [0.2, 0.25) is 5.02 Å². The van der Waals surface area contributed by atoms with Gasteiger partial charge in [-0.15, -0.1) is 0 Å². The molecule has 5 rings (SSSR count). The Kier molecular flexibility index (Phi) is 5.65. The topological polar surface area (TPSA) is 77.8 Å². The highest BCUT2D eigenvalue weighted by atomic mass is 35.5. The minimum atomic E-state index is -0.429. The lowest BCUT2D eigenvalue weighted by molar-refractivity contribution is -0.179. The van der Waals surface area contributed by atoms with E-state index in [0.717, 1.165) is 59.6 Å². The number of aromatic nitrogens is 3. The summed E-state index contributed by atoms with van der Waals surface area (Å²) in [7, 11) is 0. The third-order valence-corrected chi connectivity index (χ3v) is 6.90. The molecule has 1 aliphatic carbocycles. The van der Waals surface area contributed by atoms with Crippen molar-refractivity contribution in [1.29, 1.82) is 0 Å². The number of fused-ring (bicyclic) bond motifs is 1. The summed E-state index contributed by atoms with van der Waals surface area (Å²) < 4.78 is 13.3. The van der Waals surface area contributed by atoms with E-state index >= 15 is 0 Å². The van der Waals surface area contributed by atoms with Crippen molar-refractivity contribution >= 4 is 23.2 Å². The van der Waals surface area contributed by atoms with Gasteiger partial charge in [-0.3, -0.25) is 4.79 Å². The first kappa shape index (κ1) is 21.4. The number of carbonyl (C=O) groups excluding carboxylic acids is 1. The van der Waals surface area contributed by atoms with Crippen molar-refractivity contribution < 1.29 is 14.3 Å². The van der Waals surface area contributed by atoms with E-state index in [1.54, 1.807) is 10.7 Å². The second-order valence-electron chi connectivity index (χ2n) is 8.71. The quantitative estimate of drug-likeness (QED) is 0.644. The van der Waals surface area contributed by atoms with Gasteiger partial charge in [0.2, 0.25) is 0 Å². The number of rotatable bonds is 4. The minimum absolute atomic E-state index is 0.0993. The molecule has 0 radical (unpaired) electrons. The predicted octanol–water partition coefficient (Wildman–Crippen LogP) is 4.01. The summed E-state index contributed by atoms with van der Waals surface area (Å²) in [6.07, 6.45) is 5.62. The van der Waals surface area contributed by atoms with E-state index in [4.69, 9.17) is 26.1 Å². The van der Waals surface area contributed by atoms with Gasteiger partial charge in [0, 0.05) is 41.7 Å². The second kappa shape index (κ2) is 8.46. The highest BCUT2D eigenvalue weighted by Gasteiger charge is 2.40. The summed E-state index contributed by atoms with van der Waals surface area (Å²) in [6.45, 7) is 5.31. The average molecular weight is 455 g/mol.